The molecule has 3 saturated heterocycles. The van der Waals surface area contributed by atoms with E-state index in [9.17, 15) is 19.7 Å². The van der Waals surface area contributed by atoms with Crippen LogP contribution in [0.2, 0.25) is 41.4 Å². The number of nitrogens with zero attached hydrogens (tertiary/aromatic N) is 9. The van der Waals surface area contributed by atoms with Crippen LogP contribution in [-0.2, 0) is 82.3 Å². The van der Waals surface area contributed by atoms with Crippen LogP contribution >= 0.6 is 25.0 Å². The monoisotopic (exact) mass is 1270 g/mol. The normalized spacial score (nSPS) is 27.3. The zero-order valence-electron chi connectivity index (χ0n) is 47.7. The Morgan fingerprint density at radius 3 is 2.14 bits per heavy atom. The average molecular weight is 1270 g/mol. The number of ether oxygens (including phenoxy) is 3. The number of carbonyl (C=O) groups excluding carboxylic acids is 2. The minimum absolute atomic E-state index is 0.0295. The molecule has 0 radical (unpaired) electrons. The Morgan fingerprint density at radius 2 is 1.47 bits per heavy atom. The first-order valence-electron chi connectivity index (χ1n) is 27.3. The summed E-state index contributed by atoms with van der Waals surface area (Å²) in [5.74, 6) is -0.271. The number of halogens is 1. The Morgan fingerprint density at radius 1 is 0.819 bits per heavy atom. The Hall–Kier alpha value is -4.34. The summed E-state index contributed by atoms with van der Waals surface area (Å²) in [6.07, 6.45) is -2.82. The number of hydrogen-bond acceptors (Lipinski definition) is 20. The lowest BCUT2D eigenvalue weighted by atomic mass is 10.1. The number of fused-ring (bicyclic) bond motifs is 4. The van der Waals surface area contributed by atoms with E-state index < -0.39 is 85.1 Å². The van der Waals surface area contributed by atoms with E-state index in [-0.39, 0.29) is 71.0 Å². The summed E-state index contributed by atoms with van der Waals surface area (Å²) in [6, 6.07) is 19.7. The number of rotatable bonds is 13. The number of hydrogen-bond donors (Lipinski definition) is 1. The molecule has 0 spiro atoms. The fraction of sp³-hybridized carbons (Fsp3) is 0.519. The Labute approximate surface area is 499 Å². The fourth-order valence-electron chi connectivity index (χ4n) is 9.80. The summed E-state index contributed by atoms with van der Waals surface area (Å²) >= 11 is 19.2. The molecule has 8 heterocycles. The van der Waals surface area contributed by atoms with Crippen molar-refractivity contribution in [3.05, 3.63) is 107 Å². The number of nitriles is 1. The maximum atomic E-state index is 14.2. The van der Waals surface area contributed by atoms with E-state index in [2.05, 4.69) is 83.8 Å². The van der Waals surface area contributed by atoms with Crippen LogP contribution in [0.3, 0.4) is 0 Å². The minimum Gasteiger partial charge on any atom is -0.454 e. The Kier molecular flexibility index (Phi) is 17.9. The largest absolute Gasteiger partial charge is 0.454 e. The van der Waals surface area contributed by atoms with E-state index >= 15 is 0 Å². The smallest absolute Gasteiger partial charge is 0.338 e. The van der Waals surface area contributed by atoms with Crippen molar-refractivity contribution in [2.24, 2.45) is 0 Å². The van der Waals surface area contributed by atoms with Gasteiger partial charge in [0.05, 0.1) is 49.6 Å². The van der Waals surface area contributed by atoms with Crippen molar-refractivity contribution in [2.75, 3.05) is 31.3 Å². The van der Waals surface area contributed by atoms with Gasteiger partial charge in [-0.2, -0.15) is 5.26 Å². The number of amides is 1. The molecule has 2 aromatic carbocycles. The molecule has 29 heteroatoms. The predicted molar refractivity (Wildman–Crippen MR) is 320 cm³/mol. The fourth-order valence-corrected chi connectivity index (χ4v) is 16.1. The summed E-state index contributed by atoms with van der Waals surface area (Å²) in [6.45, 7) is 11.6. The Bertz CT molecular complexity index is 3530. The number of carbonyl (C=O) groups is 2. The first-order valence-corrected chi connectivity index (χ1v) is 38.6. The topological polar surface area (TPSA) is 248 Å². The van der Waals surface area contributed by atoms with Gasteiger partial charge < -0.3 is 46.1 Å². The highest BCUT2D eigenvalue weighted by Crippen LogP contribution is 2.59. The van der Waals surface area contributed by atoms with Gasteiger partial charge in [0, 0.05) is 18.3 Å². The summed E-state index contributed by atoms with van der Waals surface area (Å²) < 4.78 is 71.2. The maximum absolute atomic E-state index is 14.2. The second-order valence-corrected chi connectivity index (χ2v) is 39.4. The van der Waals surface area contributed by atoms with Crippen LogP contribution in [0, 0.1) is 11.3 Å². The van der Waals surface area contributed by atoms with Crippen molar-refractivity contribution in [1.29, 1.82) is 5.26 Å². The summed E-state index contributed by atoms with van der Waals surface area (Å²) in [7, 11) is -5.59. The Balaban J connectivity index is 1.06. The molecule has 2 bridgehead atoms. The van der Waals surface area contributed by atoms with E-state index in [1.807, 2.05) is 29.0 Å². The quantitative estimate of drug-likeness (QED) is 0.0371. The van der Waals surface area contributed by atoms with Crippen LogP contribution < -0.4 is 4.90 Å². The van der Waals surface area contributed by atoms with Gasteiger partial charge in [0.25, 0.3) is 5.91 Å². The molecule has 0 aliphatic carbocycles. The molecule has 0 saturated carbocycles. The predicted octanol–water partition coefficient (Wildman–Crippen LogP) is 10.6. The molecular formula is C54H68ClN9O13P2S2Si2. The molecule has 444 valence electrons. The molecule has 2 unspecified atom stereocenters. The van der Waals surface area contributed by atoms with Crippen LogP contribution in [0.25, 0.3) is 22.2 Å². The molecule has 1 amide bonds. The zero-order chi connectivity index (χ0) is 59.4. The zero-order valence-corrected chi connectivity index (χ0v) is 53.9. The number of esters is 1. The van der Waals surface area contributed by atoms with Gasteiger partial charge in [-0.05, 0) is 103 Å². The third-order valence-corrected chi connectivity index (χ3v) is 29.3. The van der Waals surface area contributed by atoms with Crippen molar-refractivity contribution in [2.45, 2.75) is 153 Å². The molecule has 4 aliphatic rings. The lowest BCUT2D eigenvalue weighted by Gasteiger charge is -2.41. The van der Waals surface area contributed by atoms with Crippen LogP contribution in [-0.4, -0.2) is 130 Å². The van der Waals surface area contributed by atoms with Crippen molar-refractivity contribution >= 4 is 105 Å². The molecule has 1 N–H and O–H groups in total. The second-order valence-electron chi connectivity index (χ2n) is 23.8. The van der Waals surface area contributed by atoms with Crippen molar-refractivity contribution < 1.29 is 60.2 Å². The van der Waals surface area contributed by atoms with E-state index in [0.717, 1.165) is 5.56 Å². The SMILES string of the molecule is CC(C)(C)[Si](C)(C)O[C@@H]1[C@@H]2OP(O)(=S)OC[C@H]3O[C@@H](n4cnc5c(Cl)nc(COC(=O)c6ccccc6)nc54)[C@H](OP(=S)(OCCC#N)OC[C@H]2O[C@H]1n1cc2c4c(ncnc41)N(C(=O)c1ccccc1)CCC2)[C@@H]3O[Si](C)(C)C(C)(C)C. The molecule has 3 fully saturated rings. The van der Waals surface area contributed by atoms with Gasteiger partial charge in [-0.3, -0.25) is 23.3 Å². The highest BCUT2D eigenvalue weighted by atomic mass is 35.5. The first kappa shape index (κ1) is 61.7. The van der Waals surface area contributed by atoms with Gasteiger partial charge in [-0.1, -0.05) is 89.5 Å². The second kappa shape index (κ2) is 24.1. The van der Waals surface area contributed by atoms with E-state index in [4.69, 9.17) is 95.8 Å². The van der Waals surface area contributed by atoms with Gasteiger partial charge in [0.1, 0.15) is 59.9 Å². The van der Waals surface area contributed by atoms with E-state index in [0.29, 0.717) is 47.4 Å². The maximum Gasteiger partial charge on any atom is 0.338 e. The van der Waals surface area contributed by atoms with Gasteiger partial charge in [-0.25, -0.2) is 29.7 Å². The molecular weight excluding hydrogens is 1200 g/mol. The van der Waals surface area contributed by atoms with Gasteiger partial charge in [-0.15, -0.1) is 0 Å². The number of imidazole rings is 1. The van der Waals surface area contributed by atoms with Crippen LogP contribution in [0.1, 0.15) is 98.9 Å². The number of benzene rings is 2. The van der Waals surface area contributed by atoms with Crippen LogP contribution in [0.4, 0.5) is 5.82 Å². The molecule has 4 aliphatic heterocycles. The lowest BCUT2D eigenvalue weighted by Crippen LogP contribution is -2.50. The standard InChI is InChI=1S/C54H68ClN9O13P2S2Si2/c1-53(2,3)82(7,8)76-42-37-28-70-78(67,80)74-41-36(72-51(44(41)77-83(9,10)54(4,5)6)63-27-35-23-17-25-62(46-39(35)47(63)58-31-57-46)49(65)33-19-13-11-14-20-33)29-71-79(81,69-26-18-24-56)75-43(42)50(73-37)64-32-59-40-45(55)60-38(61-48(40)64)30-68-52(66)34-21-15-12-16-22-34/h11-16,19-22,27,31-32,36-37,41-44,50-51H,17-18,23,25-26,28-30H2,1-10H3,(H,67,80)/t36-,37-,41-,42-,43-,44-,50-,51-,78?,79?/m1/s1. The number of aryl methyl sites for hydroxylation is 1. The minimum atomic E-state index is -4.35. The molecule has 10 rings (SSSR count). The third kappa shape index (κ3) is 12.9. The summed E-state index contributed by atoms with van der Waals surface area (Å²) in [4.78, 5) is 64.7. The highest BCUT2D eigenvalue weighted by molar-refractivity contribution is 8.07. The highest BCUT2D eigenvalue weighted by Gasteiger charge is 2.57. The van der Waals surface area contributed by atoms with Gasteiger partial charge in [0.15, 0.2) is 52.3 Å². The van der Waals surface area contributed by atoms with Crippen molar-refractivity contribution in [1.82, 2.24) is 34.1 Å². The van der Waals surface area contributed by atoms with Gasteiger partial charge >= 0.3 is 19.4 Å². The molecule has 83 heavy (non-hydrogen) atoms. The summed E-state index contributed by atoms with van der Waals surface area (Å²) in [5.41, 5.74) is 2.59. The molecule has 10 atom stereocenters. The molecule has 22 nitrogen and oxygen atoms in total. The van der Waals surface area contributed by atoms with Gasteiger partial charge in [0.2, 0.25) is 0 Å². The van der Waals surface area contributed by atoms with E-state index in [1.54, 1.807) is 51.9 Å². The average Bonchev–Trinajstić information content (AvgIpc) is 2.18. The lowest BCUT2D eigenvalue weighted by molar-refractivity contribution is -0.0619. The molecule has 4 aromatic heterocycles. The summed E-state index contributed by atoms with van der Waals surface area (Å²) in [5, 5.41) is 9.77. The molecule has 6 aromatic rings. The van der Waals surface area contributed by atoms with Crippen LogP contribution in [0.15, 0.2) is 79.5 Å². The van der Waals surface area contributed by atoms with Crippen LogP contribution in [0.5, 0.6) is 0 Å². The van der Waals surface area contributed by atoms with E-state index in [1.165, 1.54) is 12.7 Å². The first-order chi connectivity index (χ1) is 39.2. The van der Waals surface area contributed by atoms with Crippen molar-refractivity contribution in [3.63, 3.8) is 0 Å². The van der Waals surface area contributed by atoms with Crippen molar-refractivity contribution in [3.8, 4) is 6.07 Å². The number of aromatic nitrogens is 7. The number of anilines is 1. The third-order valence-electron chi connectivity index (χ3n) is 16.1.